The Labute approximate surface area is 119 Å². The van der Waals surface area contributed by atoms with Crippen molar-refractivity contribution in [3.63, 3.8) is 0 Å². The summed E-state index contributed by atoms with van der Waals surface area (Å²) >= 11 is 0. The van der Waals surface area contributed by atoms with Gasteiger partial charge in [-0.3, -0.25) is 4.90 Å². The highest BCUT2D eigenvalue weighted by Crippen LogP contribution is 2.26. The van der Waals surface area contributed by atoms with E-state index in [1.165, 1.54) is 0 Å². The summed E-state index contributed by atoms with van der Waals surface area (Å²) in [4.78, 5) is 10.6. The summed E-state index contributed by atoms with van der Waals surface area (Å²) in [6.45, 7) is 5.86. The van der Waals surface area contributed by atoms with Crippen LogP contribution >= 0.6 is 0 Å². The van der Waals surface area contributed by atoms with Gasteiger partial charge in [0.25, 0.3) is 0 Å². The zero-order valence-electron chi connectivity index (χ0n) is 11.5. The normalized spacial score (nSPS) is 11.6. The molecule has 0 saturated heterocycles. The Kier molecular flexibility index (Phi) is 4.84. The maximum atomic E-state index is 4.33. The molecule has 3 nitrogen and oxygen atoms in total. The van der Waals surface area contributed by atoms with Gasteiger partial charge in [-0.25, -0.2) is 9.97 Å². The number of rotatable bonds is 5. The van der Waals surface area contributed by atoms with E-state index in [9.17, 15) is 0 Å². The Morgan fingerprint density at radius 2 is 1.80 bits per heavy atom. The predicted molar refractivity (Wildman–Crippen MR) is 83.7 cm³/mol. The lowest BCUT2D eigenvalue weighted by atomic mass is 10.2. The quantitative estimate of drug-likeness (QED) is 0.755. The second-order valence-electron chi connectivity index (χ2n) is 4.04. The standard InChI is InChI=1S/C17H17N3/c1-3-5-10-15(4-2)20(16-11-7-6-8-12-16)17-18-13-9-14-19-17/h3-14H,2H2,1H3/b5-3-,15-10+. The minimum absolute atomic E-state index is 0.620. The van der Waals surface area contributed by atoms with Gasteiger partial charge in [0.15, 0.2) is 0 Å². The number of nitrogens with zero attached hydrogens (tertiary/aromatic N) is 3. The van der Waals surface area contributed by atoms with Crippen molar-refractivity contribution >= 4 is 11.6 Å². The molecule has 1 aromatic carbocycles. The van der Waals surface area contributed by atoms with Crippen LogP contribution in [0.25, 0.3) is 0 Å². The van der Waals surface area contributed by atoms with Crippen molar-refractivity contribution in [2.45, 2.75) is 6.92 Å². The summed E-state index contributed by atoms with van der Waals surface area (Å²) in [6, 6.07) is 11.8. The maximum absolute atomic E-state index is 4.33. The van der Waals surface area contributed by atoms with E-state index in [1.54, 1.807) is 24.5 Å². The predicted octanol–water partition coefficient (Wildman–Crippen LogP) is 4.26. The fourth-order valence-electron chi connectivity index (χ4n) is 1.79. The largest absolute Gasteiger partial charge is 0.279 e. The molecule has 1 heterocycles. The average molecular weight is 263 g/mol. The van der Waals surface area contributed by atoms with Crippen LogP contribution in [0.15, 0.2) is 85.4 Å². The Hall–Kier alpha value is -2.68. The van der Waals surface area contributed by atoms with Crippen molar-refractivity contribution in [1.29, 1.82) is 0 Å². The first-order valence-electron chi connectivity index (χ1n) is 6.44. The molecule has 100 valence electrons. The zero-order valence-corrected chi connectivity index (χ0v) is 11.5. The van der Waals surface area contributed by atoms with Crippen LogP contribution in [0, 0.1) is 0 Å². The molecule has 0 N–H and O–H groups in total. The monoisotopic (exact) mass is 263 g/mol. The number of hydrogen-bond donors (Lipinski definition) is 0. The van der Waals surface area contributed by atoms with E-state index in [0.717, 1.165) is 11.4 Å². The molecule has 20 heavy (non-hydrogen) atoms. The van der Waals surface area contributed by atoms with Crippen LogP contribution in [-0.4, -0.2) is 9.97 Å². The highest BCUT2D eigenvalue weighted by Gasteiger charge is 2.13. The van der Waals surface area contributed by atoms with Gasteiger partial charge in [-0.05, 0) is 37.3 Å². The summed E-state index contributed by atoms with van der Waals surface area (Å²) < 4.78 is 0. The molecular weight excluding hydrogens is 246 g/mol. The van der Waals surface area contributed by atoms with Crippen LogP contribution in [-0.2, 0) is 0 Å². The van der Waals surface area contributed by atoms with Crippen LogP contribution < -0.4 is 4.90 Å². The number of allylic oxidation sites excluding steroid dienone is 4. The van der Waals surface area contributed by atoms with Crippen molar-refractivity contribution in [2.75, 3.05) is 4.90 Å². The lowest BCUT2D eigenvalue weighted by molar-refractivity contribution is 1.05. The number of aromatic nitrogens is 2. The Morgan fingerprint density at radius 3 is 2.40 bits per heavy atom. The smallest absolute Gasteiger partial charge is 0.234 e. The Balaban J connectivity index is 2.52. The van der Waals surface area contributed by atoms with Crippen molar-refractivity contribution in [3.05, 3.63) is 85.4 Å². The highest BCUT2D eigenvalue weighted by atomic mass is 15.3. The van der Waals surface area contributed by atoms with Gasteiger partial charge in [0.1, 0.15) is 0 Å². The molecule has 2 rings (SSSR count). The van der Waals surface area contributed by atoms with Gasteiger partial charge in [-0.1, -0.05) is 36.9 Å². The first-order chi connectivity index (χ1) is 9.86. The third-order valence-electron chi connectivity index (χ3n) is 2.69. The Bertz CT molecular complexity index is 561. The minimum atomic E-state index is 0.620. The summed E-state index contributed by atoms with van der Waals surface area (Å²) in [5, 5.41) is 0. The molecule has 0 spiro atoms. The van der Waals surface area contributed by atoms with Gasteiger partial charge in [-0.2, -0.15) is 0 Å². The van der Waals surface area contributed by atoms with Crippen molar-refractivity contribution < 1.29 is 0 Å². The van der Waals surface area contributed by atoms with Gasteiger partial charge in [0.05, 0.1) is 0 Å². The minimum Gasteiger partial charge on any atom is -0.279 e. The third kappa shape index (κ3) is 3.20. The fourth-order valence-corrected chi connectivity index (χ4v) is 1.79. The van der Waals surface area contributed by atoms with Gasteiger partial charge in [0, 0.05) is 23.8 Å². The fraction of sp³-hybridized carbons (Fsp3) is 0.0588. The lowest BCUT2D eigenvalue weighted by Crippen LogP contribution is -2.17. The molecule has 0 aliphatic carbocycles. The summed E-state index contributed by atoms with van der Waals surface area (Å²) in [5.41, 5.74) is 1.91. The number of benzene rings is 1. The van der Waals surface area contributed by atoms with E-state index in [4.69, 9.17) is 0 Å². The Morgan fingerprint density at radius 1 is 1.10 bits per heavy atom. The van der Waals surface area contributed by atoms with E-state index in [1.807, 2.05) is 60.4 Å². The van der Waals surface area contributed by atoms with Crippen LogP contribution in [0.5, 0.6) is 0 Å². The van der Waals surface area contributed by atoms with Crippen molar-refractivity contribution in [1.82, 2.24) is 9.97 Å². The average Bonchev–Trinajstić information content (AvgIpc) is 2.53. The van der Waals surface area contributed by atoms with Crippen molar-refractivity contribution in [3.8, 4) is 0 Å². The number of para-hydroxylation sites is 1. The molecule has 0 aliphatic rings. The molecule has 0 saturated carbocycles. The van der Waals surface area contributed by atoms with E-state index < -0.39 is 0 Å². The molecule has 1 aromatic heterocycles. The summed E-state index contributed by atoms with van der Waals surface area (Å²) in [7, 11) is 0. The van der Waals surface area contributed by atoms with Crippen LogP contribution in [0.2, 0.25) is 0 Å². The molecule has 3 heteroatoms. The van der Waals surface area contributed by atoms with E-state index in [0.29, 0.717) is 5.95 Å². The SMILES string of the molecule is C=C/C(=C\C=C/C)N(c1ccccc1)c1ncccn1. The van der Waals surface area contributed by atoms with Gasteiger partial charge < -0.3 is 0 Å². The first kappa shape index (κ1) is 13.7. The molecule has 0 bridgehead atoms. The molecule has 0 radical (unpaired) electrons. The highest BCUT2D eigenvalue weighted by molar-refractivity contribution is 5.65. The molecular formula is C17H17N3. The number of hydrogen-bond acceptors (Lipinski definition) is 3. The maximum Gasteiger partial charge on any atom is 0.234 e. The van der Waals surface area contributed by atoms with E-state index in [2.05, 4.69) is 16.5 Å². The van der Waals surface area contributed by atoms with Gasteiger partial charge in [-0.15, -0.1) is 0 Å². The summed E-state index contributed by atoms with van der Waals surface area (Å²) in [6.07, 6.45) is 11.2. The van der Waals surface area contributed by atoms with Crippen LogP contribution in [0.3, 0.4) is 0 Å². The molecule has 0 atom stereocenters. The summed E-state index contributed by atoms with van der Waals surface area (Å²) in [5.74, 6) is 0.620. The molecule has 2 aromatic rings. The van der Waals surface area contributed by atoms with Crippen LogP contribution in [0.4, 0.5) is 11.6 Å². The van der Waals surface area contributed by atoms with Gasteiger partial charge in [0.2, 0.25) is 5.95 Å². The second-order valence-corrected chi connectivity index (χ2v) is 4.04. The lowest BCUT2D eigenvalue weighted by Gasteiger charge is -2.23. The van der Waals surface area contributed by atoms with Crippen molar-refractivity contribution in [2.24, 2.45) is 0 Å². The molecule has 0 aliphatic heterocycles. The zero-order chi connectivity index (χ0) is 14.2. The van der Waals surface area contributed by atoms with Gasteiger partial charge >= 0.3 is 0 Å². The first-order valence-corrected chi connectivity index (χ1v) is 6.44. The topological polar surface area (TPSA) is 29.0 Å². The molecule has 0 amide bonds. The molecule has 0 fully saturated rings. The van der Waals surface area contributed by atoms with E-state index in [-0.39, 0.29) is 0 Å². The molecule has 0 unspecified atom stereocenters. The number of anilines is 2. The van der Waals surface area contributed by atoms with Crippen LogP contribution in [0.1, 0.15) is 6.92 Å². The third-order valence-corrected chi connectivity index (χ3v) is 2.69. The van der Waals surface area contributed by atoms with E-state index >= 15 is 0 Å². The second kappa shape index (κ2) is 7.04.